The number of hydrogen-bond acceptors (Lipinski definition) is 5. The van der Waals surface area contributed by atoms with Crippen molar-refractivity contribution in [1.82, 2.24) is 19.9 Å². The predicted molar refractivity (Wildman–Crippen MR) is 94.9 cm³/mol. The van der Waals surface area contributed by atoms with Gasteiger partial charge in [-0.2, -0.15) is 0 Å². The number of fused-ring (bicyclic) bond motifs is 3. The number of amides is 1. The van der Waals surface area contributed by atoms with Crippen LogP contribution in [0.5, 0.6) is 5.75 Å². The number of ether oxygens (including phenoxy) is 2. The van der Waals surface area contributed by atoms with Gasteiger partial charge in [-0.3, -0.25) is 4.79 Å². The van der Waals surface area contributed by atoms with Crippen LogP contribution in [0.4, 0.5) is 0 Å². The van der Waals surface area contributed by atoms with Crippen LogP contribution in [0.25, 0.3) is 0 Å². The highest BCUT2D eigenvalue weighted by atomic mass is 16.5. The highest BCUT2D eigenvalue weighted by molar-refractivity contribution is 5.76. The maximum absolute atomic E-state index is 12.7. The van der Waals surface area contributed by atoms with Crippen molar-refractivity contribution in [1.29, 1.82) is 0 Å². The Morgan fingerprint density at radius 3 is 3.15 bits per heavy atom. The Morgan fingerprint density at radius 2 is 2.31 bits per heavy atom. The zero-order chi connectivity index (χ0) is 18.1. The van der Waals surface area contributed by atoms with Gasteiger partial charge in [0.05, 0.1) is 37.8 Å². The number of nitrogens with zero attached hydrogens (tertiary/aromatic N) is 4. The average molecular weight is 356 g/mol. The third-order valence-corrected chi connectivity index (χ3v) is 5.38. The molecule has 1 aromatic carbocycles. The molecular weight excluding hydrogens is 332 g/mol. The van der Waals surface area contributed by atoms with Crippen molar-refractivity contribution in [2.45, 2.75) is 44.9 Å². The summed E-state index contributed by atoms with van der Waals surface area (Å²) in [5.41, 5.74) is 3.20. The number of carbonyl (C=O) groups excluding carboxylic acids is 1. The number of carbonyl (C=O) groups is 1. The molecule has 7 nitrogen and oxygen atoms in total. The fourth-order valence-electron chi connectivity index (χ4n) is 3.84. The lowest BCUT2D eigenvalue weighted by atomic mass is 9.99. The van der Waals surface area contributed by atoms with Crippen molar-refractivity contribution in [2.24, 2.45) is 0 Å². The Bertz CT molecular complexity index is 804. The Labute approximate surface area is 152 Å². The number of rotatable bonds is 4. The van der Waals surface area contributed by atoms with E-state index in [1.807, 2.05) is 28.6 Å². The van der Waals surface area contributed by atoms with Crippen molar-refractivity contribution in [3.8, 4) is 5.75 Å². The van der Waals surface area contributed by atoms with Gasteiger partial charge in [-0.15, -0.1) is 5.10 Å². The van der Waals surface area contributed by atoms with E-state index < -0.39 is 0 Å². The molecular formula is C19H24N4O3. The van der Waals surface area contributed by atoms with Crippen LogP contribution >= 0.6 is 0 Å². The second kappa shape index (κ2) is 7.07. The molecule has 0 bridgehead atoms. The minimum Gasteiger partial charge on any atom is -0.496 e. The molecule has 2 aliphatic rings. The normalized spacial score (nSPS) is 21.8. The summed E-state index contributed by atoms with van der Waals surface area (Å²) >= 11 is 0. The molecule has 2 aliphatic heterocycles. The summed E-state index contributed by atoms with van der Waals surface area (Å²) in [6.45, 7) is 3.94. The first-order valence-corrected chi connectivity index (χ1v) is 9.07. The van der Waals surface area contributed by atoms with Gasteiger partial charge in [-0.1, -0.05) is 17.3 Å². The molecule has 0 N–H and O–H groups in total. The number of likely N-dealkylation sites (tertiary alicyclic amines) is 1. The Balaban J connectivity index is 1.39. The van der Waals surface area contributed by atoms with Gasteiger partial charge < -0.3 is 14.4 Å². The molecule has 0 spiro atoms. The zero-order valence-electron chi connectivity index (χ0n) is 15.2. The second-order valence-electron chi connectivity index (χ2n) is 7.02. The van der Waals surface area contributed by atoms with E-state index in [1.165, 1.54) is 0 Å². The molecule has 138 valence electrons. The Morgan fingerprint density at radius 1 is 1.42 bits per heavy atom. The first-order chi connectivity index (χ1) is 12.7. The van der Waals surface area contributed by atoms with Gasteiger partial charge in [0.15, 0.2) is 0 Å². The lowest BCUT2D eigenvalue weighted by Crippen LogP contribution is -2.49. The summed E-state index contributed by atoms with van der Waals surface area (Å²) in [6, 6.07) is 6.19. The number of methoxy groups -OCH3 is 1. The number of hydrogen-bond donors (Lipinski definition) is 0. The first kappa shape index (κ1) is 17.0. The highest BCUT2D eigenvalue weighted by Crippen LogP contribution is 2.30. The summed E-state index contributed by atoms with van der Waals surface area (Å²) in [7, 11) is 1.67. The monoisotopic (exact) mass is 356 g/mol. The van der Waals surface area contributed by atoms with Crippen LogP contribution in [-0.4, -0.2) is 52.1 Å². The van der Waals surface area contributed by atoms with Gasteiger partial charge in [-0.25, -0.2) is 4.68 Å². The molecule has 1 amide bonds. The SMILES string of the molecule is COc1cc(CCC(=O)N2CC[C@H]3OCc4cnnn4[C@H]3C2)ccc1C. The minimum atomic E-state index is 0.0680. The van der Waals surface area contributed by atoms with Gasteiger partial charge in [0.25, 0.3) is 0 Å². The summed E-state index contributed by atoms with van der Waals surface area (Å²) in [6.07, 6.45) is 3.91. The van der Waals surface area contributed by atoms with Crippen molar-refractivity contribution >= 4 is 5.91 Å². The fraction of sp³-hybridized carbons (Fsp3) is 0.526. The van der Waals surface area contributed by atoms with Gasteiger partial charge in [0, 0.05) is 19.5 Å². The summed E-state index contributed by atoms with van der Waals surface area (Å²) in [5.74, 6) is 1.05. The quantitative estimate of drug-likeness (QED) is 0.837. The average Bonchev–Trinajstić information content (AvgIpc) is 3.16. The zero-order valence-corrected chi connectivity index (χ0v) is 15.2. The van der Waals surface area contributed by atoms with Gasteiger partial charge in [0.1, 0.15) is 5.75 Å². The smallest absolute Gasteiger partial charge is 0.222 e. The summed E-state index contributed by atoms with van der Waals surface area (Å²) in [5, 5.41) is 8.17. The van der Waals surface area contributed by atoms with Crippen molar-refractivity contribution in [3.63, 3.8) is 0 Å². The Kier molecular flexibility index (Phi) is 4.63. The molecule has 1 saturated heterocycles. The largest absolute Gasteiger partial charge is 0.496 e. The second-order valence-corrected chi connectivity index (χ2v) is 7.02. The van der Waals surface area contributed by atoms with Crippen LogP contribution in [0.1, 0.15) is 35.7 Å². The van der Waals surface area contributed by atoms with Crippen LogP contribution in [0.15, 0.2) is 24.4 Å². The van der Waals surface area contributed by atoms with E-state index in [1.54, 1.807) is 13.3 Å². The van der Waals surface area contributed by atoms with E-state index in [0.29, 0.717) is 26.0 Å². The van der Waals surface area contributed by atoms with E-state index >= 15 is 0 Å². The third-order valence-electron chi connectivity index (χ3n) is 5.38. The van der Waals surface area contributed by atoms with Crippen LogP contribution < -0.4 is 4.74 Å². The molecule has 3 heterocycles. The molecule has 7 heteroatoms. The van der Waals surface area contributed by atoms with E-state index in [9.17, 15) is 4.79 Å². The molecule has 2 aromatic rings. The molecule has 0 saturated carbocycles. The van der Waals surface area contributed by atoms with Gasteiger partial charge >= 0.3 is 0 Å². The molecule has 0 unspecified atom stereocenters. The van der Waals surface area contributed by atoms with Crippen molar-refractivity contribution in [3.05, 3.63) is 41.2 Å². The summed E-state index contributed by atoms with van der Waals surface area (Å²) in [4.78, 5) is 14.7. The Hall–Kier alpha value is -2.41. The first-order valence-electron chi connectivity index (χ1n) is 9.07. The van der Waals surface area contributed by atoms with Gasteiger partial charge in [-0.05, 0) is 37.0 Å². The van der Waals surface area contributed by atoms with E-state index in [-0.39, 0.29) is 18.1 Å². The van der Waals surface area contributed by atoms with Crippen LogP contribution in [0.2, 0.25) is 0 Å². The lowest BCUT2D eigenvalue weighted by Gasteiger charge is -2.41. The van der Waals surface area contributed by atoms with E-state index in [0.717, 1.165) is 35.5 Å². The van der Waals surface area contributed by atoms with Gasteiger partial charge in [0.2, 0.25) is 5.91 Å². The minimum absolute atomic E-state index is 0.0680. The van der Waals surface area contributed by atoms with E-state index in [2.05, 4.69) is 16.4 Å². The van der Waals surface area contributed by atoms with Crippen LogP contribution in [0.3, 0.4) is 0 Å². The maximum atomic E-state index is 12.7. The maximum Gasteiger partial charge on any atom is 0.222 e. The molecule has 1 aromatic heterocycles. The third kappa shape index (κ3) is 3.19. The molecule has 4 rings (SSSR count). The molecule has 0 aliphatic carbocycles. The fourth-order valence-corrected chi connectivity index (χ4v) is 3.84. The number of piperidine rings is 1. The number of aromatic nitrogens is 3. The van der Waals surface area contributed by atoms with Crippen LogP contribution in [-0.2, 0) is 22.6 Å². The van der Waals surface area contributed by atoms with Crippen molar-refractivity contribution in [2.75, 3.05) is 20.2 Å². The van der Waals surface area contributed by atoms with Crippen molar-refractivity contribution < 1.29 is 14.3 Å². The van der Waals surface area contributed by atoms with Crippen LogP contribution in [0, 0.1) is 6.92 Å². The molecule has 0 radical (unpaired) electrons. The summed E-state index contributed by atoms with van der Waals surface area (Å²) < 4.78 is 13.2. The topological polar surface area (TPSA) is 69.5 Å². The molecule has 2 atom stereocenters. The van der Waals surface area contributed by atoms with E-state index in [4.69, 9.17) is 9.47 Å². The standard InChI is InChI=1S/C19H24N4O3/c1-13-3-4-14(9-18(13)25-2)5-6-19(24)22-8-7-17-16(11-22)23-15(12-26-17)10-20-21-23/h3-4,9-10,16-17H,5-8,11-12H2,1-2H3/t16-,17+/m0/s1. The lowest BCUT2D eigenvalue weighted by molar-refractivity contribution is -0.138. The number of benzene rings is 1. The predicted octanol–water partition coefficient (Wildman–Crippen LogP) is 1.90. The molecule has 1 fully saturated rings. The highest BCUT2D eigenvalue weighted by Gasteiger charge is 2.37. The molecule has 26 heavy (non-hydrogen) atoms. The number of aryl methyl sites for hydroxylation is 2.